The molecule has 78 valence electrons. The molecule has 2 aliphatic rings. The summed E-state index contributed by atoms with van der Waals surface area (Å²) in [4.78, 5) is 22.4. The van der Waals surface area contributed by atoms with Gasteiger partial charge in [0.25, 0.3) is 0 Å². The highest BCUT2D eigenvalue weighted by molar-refractivity contribution is 6.03. The molecule has 0 aromatic rings. The van der Waals surface area contributed by atoms with Crippen LogP contribution in [-0.4, -0.2) is 24.5 Å². The molecule has 4 nitrogen and oxygen atoms in total. The SMILES string of the molecule is CC1CC(C2CC(=O)NC2=O)CCO1. The number of hydrogen-bond donors (Lipinski definition) is 1. The Hall–Kier alpha value is -0.900. The fourth-order valence-corrected chi connectivity index (χ4v) is 2.35. The summed E-state index contributed by atoms with van der Waals surface area (Å²) in [6.45, 7) is 2.73. The lowest BCUT2D eigenvalue weighted by atomic mass is 9.83. The van der Waals surface area contributed by atoms with E-state index in [0.717, 1.165) is 12.8 Å². The molecule has 0 aromatic heterocycles. The van der Waals surface area contributed by atoms with Crippen LogP contribution in [0.5, 0.6) is 0 Å². The second-order valence-electron chi connectivity index (χ2n) is 4.19. The van der Waals surface area contributed by atoms with Gasteiger partial charge in [-0.2, -0.15) is 0 Å². The zero-order valence-electron chi connectivity index (χ0n) is 8.29. The maximum Gasteiger partial charge on any atom is 0.230 e. The molecule has 2 amide bonds. The van der Waals surface area contributed by atoms with Crippen LogP contribution in [-0.2, 0) is 14.3 Å². The number of imide groups is 1. The van der Waals surface area contributed by atoms with E-state index in [2.05, 4.69) is 5.32 Å². The van der Waals surface area contributed by atoms with Crippen molar-refractivity contribution >= 4 is 11.8 Å². The van der Waals surface area contributed by atoms with E-state index >= 15 is 0 Å². The highest BCUT2D eigenvalue weighted by Crippen LogP contribution is 2.31. The Kier molecular flexibility index (Phi) is 2.54. The summed E-state index contributed by atoms with van der Waals surface area (Å²) in [6.07, 6.45) is 2.38. The third-order valence-corrected chi connectivity index (χ3v) is 3.10. The van der Waals surface area contributed by atoms with Crippen molar-refractivity contribution in [3.8, 4) is 0 Å². The fraction of sp³-hybridized carbons (Fsp3) is 0.800. The van der Waals surface area contributed by atoms with Crippen molar-refractivity contribution in [2.24, 2.45) is 11.8 Å². The standard InChI is InChI=1S/C10H15NO3/c1-6-4-7(2-3-14-6)8-5-9(12)11-10(8)13/h6-8H,2-5H2,1H3,(H,11,12,13). The van der Waals surface area contributed by atoms with Gasteiger partial charge in [0.15, 0.2) is 0 Å². The van der Waals surface area contributed by atoms with Crippen molar-refractivity contribution in [3.63, 3.8) is 0 Å². The normalized spacial score (nSPS) is 38.5. The molecule has 3 atom stereocenters. The molecule has 1 N–H and O–H groups in total. The van der Waals surface area contributed by atoms with E-state index in [9.17, 15) is 9.59 Å². The van der Waals surface area contributed by atoms with E-state index in [1.165, 1.54) is 0 Å². The molecule has 0 saturated carbocycles. The number of hydrogen-bond acceptors (Lipinski definition) is 3. The number of ether oxygens (including phenoxy) is 1. The minimum Gasteiger partial charge on any atom is -0.378 e. The molecule has 0 spiro atoms. The number of carbonyl (C=O) groups is 2. The molecule has 2 rings (SSSR count). The predicted octanol–water partition coefficient (Wildman–Crippen LogP) is 0.464. The van der Waals surface area contributed by atoms with Gasteiger partial charge in [-0.05, 0) is 25.7 Å². The predicted molar refractivity (Wildman–Crippen MR) is 49.4 cm³/mol. The molecule has 0 radical (unpaired) electrons. The van der Waals surface area contributed by atoms with E-state index in [1.807, 2.05) is 6.92 Å². The first kappa shape index (κ1) is 9.65. The topological polar surface area (TPSA) is 55.4 Å². The van der Waals surface area contributed by atoms with Crippen LogP contribution in [0.4, 0.5) is 0 Å². The summed E-state index contributed by atoms with van der Waals surface area (Å²) in [5.74, 6) is 0.00675. The first-order chi connectivity index (χ1) is 6.66. The van der Waals surface area contributed by atoms with Crippen LogP contribution in [0.1, 0.15) is 26.2 Å². The Balaban J connectivity index is 2.00. The third kappa shape index (κ3) is 1.80. The highest BCUT2D eigenvalue weighted by Gasteiger charge is 2.38. The second kappa shape index (κ2) is 3.69. The molecule has 2 fully saturated rings. The monoisotopic (exact) mass is 197 g/mol. The zero-order chi connectivity index (χ0) is 10.1. The van der Waals surface area contributed by atoms with Gasteiger partial charge in [-0.25, -0.2) is 0 Å². The van der Waals surface area contributed by atoms with Gasteiger partial charge in [0.05, 0.1) is 12.0 Å². The number of nitrogens with one attached hydrogen (secondary N) is 1. The fourth-order valence-electron chi connectivity index (χ4n) is 2.35. The first-order valence-corrected chi connectivity index (χ1v) is 5.12. The molecular formula is C10H15NO3. The Morgan fingerprint density at radius 2 is 2.21 bits per heavy atom. The van der Waals surface area contributed by atoms with Gasteiger partial charge in [0.1, 0.15) is 0 Å². The van der Waals surface area contributed by atoms with Gasteiger partial charge in [-0.15, -0.1) is 0 Å². The lowest BCUT2D eigenvalue weighted by molar-refractivity contribution is -0.127. The molecule has 4 heteroatoms. The Bertz CT molecular complexity index is 264. The van der Waals surface area contributed by atoms with Crippen LogP contribution in [0.15, 0.2) is 0 Å². The Labute approximate surface area is 83.0 Å². The van der Waals surface area contributed by atoms with Crippen LogP contribution in [0.2, 0.25) is 0 Å². The largest absolute Gasteiger partial charge is 0.378 e. The Morgan fingerprint density at radius 3 is 2.79 bits per heavy atom. The van der Waals surface area contributed by atoms with Gasteiger partial charge in [0, 0.05) is 13.0 Å². The summed E-state index contributed by atoms with van der Waals surface area (Å²) < 4.78 is 5.41. The van der Waals surface area contributed by atoms with E-state index in [0.29, 0.717) is 18.9 Å². The van der Waals surface area contributed by atoms with E-state index < -0.39 is 0 Å². The number of rotatable bonds is 1. The summed E-state index contributed by atoms with van der Waals surface area (Å²) in [5.41, 5.74) is 0. The molecule has 2 heterocycles. The summed E-state index contributed by atoms with van der Waals surface area (Å²) in [7, 11) is 0. The summed E-state index contributed by atoms with van der Waals surface area (Å²) in [6, 6.07) is 0. The lowest BCUT2D eigenvalue weighted by Gasteiger charge is -2.29. The van der Waals surface area contributed by atoms with Crippen LogP contribution in [0, 0.1) is 11.8 Å². The van der Waals surface area contributed by atoms with Crippen LogP contribution in [0.3, 0.4) is 0 Å². The van der Waals surface area contributed by atoms with Gasteiger partial charge >= 0.3 is 0 Å². The second-order valence-corrected chi connectivity index (χ2v) is 4.19. The smallest absolute Gasteiger partial charge is 0.230 e. The number of amides is 2. The molecule has 3 unspecified atom stereocenters. The maximum atomic E-state index is 11.4. The third-order valence-electron chi connectivity index (χ3n) is 3.10. The van der Waals surface area contributed by atoms with Gasteiger partial charge in [-0.3, -0.25) is 14.9 Å². The van der Waals surface area contributed by atoms with Crippen molar-refractivity contribution in [1.29, 1.82) is 0 Å². The van der Waals surface area contributed by atoms with Gasteiger partial charge < -0.3 is 4.74 Å². The van der Waals surface area contributed by atoms with Crippen molar-refractivity contribution in [3.05, 3.63) is 0 Å². The van der Waals surface area contributed by atoms with Crippen LogP contribution >= 0.6 is 0 Å². The van der Waals surface area contributed by atoms with E-state index in [-0.39, 0.29) is 23.8 Å². The molecule has 14 heavy (non-hydrogen) atoms. The minimum absolute atomic E-state index is 0.0888. The van der Waals surface area contributed by atoms with Crippen molar-refractivity contribution in [2.75, 3.05) is 6.61 Å². The molecular weight excluding hydrogens is 182 g/mol. The molecule has 0 aliphatic carbocycles. The Morgan fingerprint density at radius 1 is 1.43 bits per heavy atom. The van der Waals surface area contributed by atoms with Crippen molar-refractivity contribution in [2.45, 2.75) is 32.3 Å². The van der Waals surface area contributed by atoms with Gasteiger partial charge in [0.2, 0.25) is 11.8 Å². The van der Waals surface area contributed by atoms with Gasteiger partial charge in [-0.1, -0.05) is 0 Å². The molecule has 2 saturated heterocycles. The number of carbonyl (C=O) groups excluding carboxylic acids is 2. The quantitative estimate of drug-likeness (QED) is 0.621. The average molecular weight is 197 g/mol. The zero-order valence-corrected chi connectivity index (χ0v) is 8.29. The average Bonchev–Trinajstić information content (AvgIpc) is 2.45. The van der Waals surface area contributed by atoms with Crippen LogP contribution in [0.25, 0.3) is 0 Å². The summed E-state index contributed by atoms with van der Waals surface area (Å²) >= 11 is 0. The molecule has 0 aromatic carbocycles. The molecule has 2 aliphatic heterocycles. The van der Waals surface area contributed by atoms with Crippen molar-refractivity contribution < 1.29 is 14.3 Å². The highest BCUT2D eigenvalue weighted by atomic mass is 16.5. The minimum atomic E-state index is -0.126. The first-order valence-electron chi connectivity index (χ1n) is 5.12. The molecule has 0 bridgehead atoms. The van der Waals surface area contributed by atoms with E-state index in [1.54, 1.807) is 0 Å². The van der Waals surface area contributed by atoms with E-state index in [4.69, 9.17) is 4.74 Å². The maximum absolute atomic E-state index is 11.4. The lowest BCUT2D eigenvalue weighted by Crippen LogP contribution is -2.32. The van der Waals surface area contributed by atoms with Crippen LogP contribution < -0.4 is 5.32 Å². The summed E-state index contributed by atoms with van der Waals surface area (Å²) in [5, 5.41) is 2.36. The van der Waals surface area contributed by atoms with Crippen molar-refractivity contribution in [1.82, 2.24) is 5.32 Å².